The summed E-state index contributed by atoms with van der Waals surface area (Å²) in [5.41, 5.74) is 21.9. The Kier molecular flexibility index (Phi) is 11.4. The van der Waals surface area contributed by atoms with Gasteiger partial charge >= 0.3 is 0 Å². The predicted octanol–water partition coefficient (Wildman–Crippen LogP) is 16.1. The van der Waals surface area contributed by atoms with E-state index in [1.54, 1.807) is 7.11 Å². The number of benzene rings is 9. The van der Waals surface area contributed by atoms with E-state index in [1.807, 2.05) is 12.1 Å². The summed E-state index contributed by atoms with van der Waals surface area (Å²) in [4.78, 5) is 0. The van der Waals surface area contributed by atoms with E-state index in [1.165, 1.54) is 34.2 Å². The molecule has 1 aromatic heterocycles. The number of ether oxygens (including phenoxy) is 1. The average Bonchev–Trinajstić information content (AvgIpc) is 4.09. The predicted molar refractivity (Wildman–Crippen MR) is 280 cm³/mol. The molecule has 0 aliphatic carbocycles. The van der Waals surface area contributed by atoms with Crippen LogP contribution in [0.3, 0.4) is 0 Å². The van der Waals surface area contributed by atoms with E-state index < -0.39 is 0 Å². The van der Waals surface area contributed by atoms with Crippen LogP contribution in [0.15, 0.2) is 227 Å². The van der Waals surface area contributed by atoms with Crippen LogP contribution in [0.25, 0.3) is 55.6 Å². The smallest absolute Gasteiger partial charge is 0.118 e. The van der Waals surface area contributed by atoms with Crippen molar-refractivity contribution in [3.8, 4) is 28.0 Å². The normalized spacial score (nSPS) is 11.5. The van der Waals surface area contributed by atoms with Gasteiger partial charge in [-0.2, -0.15) is 17.5 Å². The molecule has 11 rings (SSSR count). The second-order valence-corrected chi connectivity index (χ2v) is 17.4. The molecular weight excluding hydrogens is 857 g/mol. The molecule has 0 radical (unpaired) electrons. The fraction of sp³-hybridized carbons (Fsp3) is 0.0333. The van der Waals surface area contributed by atoms with Crippen LogP contribution < -0.4 is 4.74 Å². The molecule has 10 aromatic rings. The molecule has 0 N–H and O–H groups in total. The van der Waals surface area contributed by atoms with Crippen LogP contribution in [0.2, 0.25) is 0 Å². The zero-order valence-corrected chi connectivity index (χ0v) is 38.4. The number of hydrogen-bond acceptors (Lipinski definition) is 6. The van der Waals surface area contributed by atoms with Crippen LogP contribution >= 0.6 is 11.7 Å². The zero-order valence-electron chi connectivity index (χ0n) is 36.8. The minimum Gasteiger partial charge on any atom is -0.497 e. The van der Waals surface area contributed by atoms with E-state index >= 15 is 0 Å². The third-order valence-corrected chi connectivity index (χ3v) is 13.4. The van der Waals surface area contributed by atoms with Crippen molar-refractivity contribution in [2.24, 2.45) is 8.73 Å². The maximum absolute atomic E-state index is 5.58. The van der Waals surface area contributed by atoms with Crippen molar-refractivity contribution < 1.29 is 4.74 Å². The van der Waals surface area contributed by atoms with Gasteiger partial charge in [0, 0.05) is 11.1 Å². The standard InChI is InChI=1S/C60H42N4OS2/c1-39-23-25-44(26-24-39)53(51(40-15-7-3-8-16-40)41-17-9-4-10-18-41)45-27-31-48(32-28-45)55-57-59(63-66-61-57)56(60-58(55)62-67-64-60)49-33-29-46(30-34-49)54(47-35-37-50(65-2)38-36-47)52(42-19-11-5-12-20-42)43-21-13-6-14-22-43/h3-38H,1-2H3. The average molecular weight is 899 g/mol. The lowest BCUT2D eigenvalue weighted by atomic mass is 9.84. The second kappa shape index (κ2) is 18.4. The van der Waals surface area contributed by atoms with E-state index in [2.05, 4.69) is 213 Å². The summed E-state index contributed by atoms with van der Waals surface area (Å²) in [6.07, 6.45) is 0. The summed E-state index contributed by atoms with van der Waals surface area (Å²) >= 11 is 2.44. The Morgan fingerprint density at radius 2 is 0.657 bits per heavy atom. The van der Waals surface area contributed by atoms with Crippen molar-refractivity contribution in [1.82, 2.24) is 8.75 Å². The molecule has 1 aliphatic rings. The molecule has 7 heteroatoms. The monoisotopic (exact) mass is 898 g/mol. The van der Waals surface area contributed by atoms with Gasteiger partial charge in [-0.15, -0.1) is 0 Å². The third-order valence-electron chi connectivity index (χ3n) is 12.3. The molecule has 0 amide bonds. The largest absolute Gasteiger partial charge is 0.497 e. The summed E-state index contributed by atoms with van der Waals surface area (Å²) in [6.45, 7) is 2.13. The van der Waals surface area contributed by atoms with Gasteiger partial charge in [-0.05, 0) is 97.0 Å². The van der Waals surface area contributed by atoms with Gasteiger partial charge in [0.2, 0.25) is 0 Å². The molecule has 2 heterocycles. The van der Waals surface area contributed by atoms with Crippen LogP contribution in [0, 0.1) is 6.92 Å². The number of rotatable bonds is 11. The van der Waals surface area contributed by atoms with E-state index in [0.717, 1.165) is 112 Å². The first-order valence-electron chi connectivity index (χ1n) is 22.2. The van der Waals surface area contributed by atoms with Gasteiger partial charge in [0.1, 0.15) is 28.2 Å². The van der Waals surface area contributed by atoms with Crippen molar-refractivity contribution in [3.63, 3.8) is 0 Å². The molecule has 67 heavy (non-hydrogen) atoms. The van der Waals surface area contributed by atoms with Gasteiger partial charge < -0.3 is 4.74 Å². The second-order valence-electron chi connectivity index (χ2n) is 16.4. The molecule has 0 unspecified atom stereocenters. The molecule has 5 nitrogen and oxygen atoms in total. The molecule has 0 saturated heterocycles. The maximum atomic E-state index is 5.58. The van der Waals surface area contributed by atoms with Gasteiger partial charge in [0.25, 0.3) is 0 Å². The molecule has 0 bridgehead atoms. The van der Waals surface area contributed by atoms with E-state index in [9.17, 15) is 0 Å². The highest BCUT2D eigenvalue weighted by molar-refractivity contribution is 7.58. The molecule has 320 valence electrons. The number of nitrogens with zero attached hydrogens (tertiary/aromatic N) is 4. The number of aromatic nitrogens is 2. The van der Waals surface area contributed by atoms with Crippen LogP contribution in [-0.4, -0.2) is 15.9 Å². The Bertz CT molecular complexity index is 3440. The molecule has 0 spiro atoms. The SMILES string of the molecule is COc1ccc(C(=C(c2ccccc2)c2ccccc2)c2ccc(-c3c4c(c(-c5ccc(C(=C(c6ccccc6)c6ccccc6)c6ccc(C)cc6)cc5)c5nsnc35)N=S=N4)cc2)cc1. The third kappa shape index (κ3) is 8.05. The van der Waals surface area contributed by atoms with E-state index in [0.29, 0.717) is 0 Å². The molecular formula is C60H42N4OS2. The lowest BCUT2D eigenvalue weighted by Crippen LogP contribution is -1.98. The first-order valence-corrected chi connectivity index (χ1v) is 23.6. The Labute approximate surface area is 398 Å². The molecule has 0 saturated carbocycles. The molecule has 0 atom stereocenters. The Balaban J connectivity index is 1.04. The minimum atomic E-state index is 0.810. The summed E-state index contributed by atoms with van der Waals surface area (Å²) in [5, 5.41) is 0. The summed E-state index contributed by atoms with van der Waals surface area (Å²) in [7, 11) is 1.70. The summed E-state index contributed by atoms with van der Waals surface area (Å²) in [6, 6.07) is 77.4. The number of hydrogen-bond donors (Lipinski definition) is 0. The fourth-order valence-electron chi connectivity index (χ4n) is 9.13. The van der Waals surface area contributed by atoms with Crippen molar-refractivity contribution in [1.29, 1.82) is 0 Å². The first-order chi connectivity index (χ1) is 33.1. The molecule has 9 aromatic carbocycles. The van der Waals surface area contributed by atoms with E-state index in [-0.39, 0.29) is 0 Å². The van der Waals surface area contributed by atoms with Gasteiger partial charge in [0.05, 0.1) is 30.2 Å². The van der Waals surface area contributed by atoms with Crippen molar-refractivity contribution in [2.45, 2.75) is 6.92 Å². The van der Waals surface area contributed by atoms with E-state index in [4.69, 9.17) is 22.2 Å². The van der Waals surface area contributed by atoms with Crippen LogP contribution in [0.5, 0.6) is 5.75 Å². The Morgan fingerprint density at radius 3 is 0.985 bits per heavy atom. The zero-order chi connectivity index (χ0) is 45.1. The fourth-order valence-corrected chi connectivity index (χ4v) is 10.2. The maximum Gasteiger partial charge on any atom is 0.118 e. The lowest BCUT2D eigenvalue weighted by Gasteiger charge is -2.19. The quantitative estimate of drug-likeness (QED) is 0.122. The summed E-state index contributed by atoms with van der Waals surface area (Å²) < 4.78 is 25.4. The van der Waals surface area contributed by atoms with Gasteiger partial charge in [-0.3, -0.25) is 0 Å². The van der Waals surface area contributed by atoms with Crippen molar-refractivity contribution >= 4 is 67.8 Å². The number of aryl methyl sites for hydroxylation is 1. The molecule has 1 aliphatic heterocycles. The van der Waals surface area contributed by atoms with Crippen LogP contribution in [0.4, 0.5) is 11.4 Å². The van der Waals surface area contributed by atoms with Crippen LogP contribution in [-0.2, 0) is 11.4 Å². The van der Waals surface area contributed by atoms with Gasteiger partial charge in [0.15, 0.2) is 0 Å². The Hall–Kier alpha value is -8.10. The highest BCUT2D eigenvalue weighted by Gasteiger charge is 2.27. The van der Waals surface area contributed by atoms with Crippen LogP contribution in [0.1, 0.15) is 50.1 Å². The van der Waals surface area contributed by atoms with Crippen molar-refractivity contribution in [2.75, 3.05) is 7.11 Å². The Morgan fingerprint density at radius 1 is 0.358 bits per heavy atom. The molecule has 0 fully saturated rings. The van der Waals surface area contributed by atoms with Crippen molar-refractivity contribution in [3.05, 3.63) is 268 Å². The number of fused-ring (bicyclic) bond motifs is 2. The minimum absolute atomic E-state index is 0.810. The van der Waals surface area contributed by atoms with Gasteiger partial charge in [-0.25, -0.2) is 0 Å². The first kappa shape index (κ1) is 41.6. The highest BCUT2D eigenvalue weighted by Crippen LogP contribution is 2.52. The number of methoxy groups -OCH3 is 1. The summed E-state index contributed by atoms with van der Waals surface area (Å²) in [5.74, 6) is 0.810. The van der Waals surface area contributed by atoms with Gasteiger partial charge in [-0.1, -0.05) is 212 Å². The lowest BCUT2D eigenvalue weighted by molar-refractivity contribution is 0.415. The topological polar surface area (TPSA) is 59.7 Å². The highest BCUT2D eigenvalue weighted by atomic mass is 32.1.